The second kappa shape index (κ2) is 8.33. The standard InChI is InChI=1S/C27H33OP/c1-18-8-10-25(11-9-18)29(28,16-26-21(4)12-19(2)13-22(26)5)17-27-23(6)14-20(3)15-24(27)7/h8-15H,16-17H2,1-7H3. The van der Waals surface area contributed by atoms with E-state index in [0.29, 0.717) is 12.3 Å². The van der Waals surface area contributed by atoms with Crippen LogP contribution >= 0.6 is 7.14 Å². The van der Waals surface area contributed by atoms with Gasteiger partial charge in [0.1, 0.15) is 7.14 Å². The summed E-state index contributed by atoms with van der Waals surface area (Å²) >= 11 is 0. The highest BCUT2D eigenvalue weighted by atomic mass is 31.2. The third-order valence-corrected chi connectivity index (χ3v) is 8.91. The topological polar surface area (TPSA) is 17.1 Å². The van der Waals surface area contributed by atoms with Crippen LogP contribution < -0.4 is 5.30 Å². The molecular formula is C27H33OP. The fourth-order valence-electron chi connectivity index (χ4n) is 4.48. The minimum absolute atomic E-state index is 0.612. The van der Waals surface area contributed by atoms with Crippen molar-refractivity contribution in [1.29, 1.82) is 0 Å². The molecule has 0 atom stereocenters. The quantitative estimate of drug-likeness (QED) is 0.410. The van der Waals surface area contributed by atoms with Crippen molar-refractivity contribution in [1.82, 2.24) is 0 Å². The molecule has 0 unspecified atom stereocenters. The second-order valence-corrected chi connectivity index (χ2v) is 11.7. The number of aryl methyl sites for hydroxylation is 7. The molecule has 2 heteroatoms. The van der Waals surface area contributed by atoms with Crippen LogP contribution in [0.2, 0.25) is 0 Å². The van der Waals surface area contributed by atoms with E-state index >= 15 is 0 Å². The van der Waals surface area contributed by atoms with Gasteiger partial charge in [-0.05, 0) is 81.8 Å². The van der Waals surface area contributed by atoms with Crippen LogP contribution in [-0.4, -0.2) is 0 Å². The number of benzene rings is 3. The first-order valence-corrected chi connectivity index (χ1v) is 12.5. The van der Waals surface area contributed by atoms with Crippen LogP contribution in [0, 0.1) is 48.5 Å². The van der Waals surface area contributed by atoms with Gasteiger partial charge in [0.15, 0.2) is 0 Å². The highest BCUT2D eigenvalue weighted by Gasteiger charge is 2.28. The van der Waals surface area contributed by atoms with E-state index in [0.717, 1.165) is 5.30 Å². The Morgan fingerprint density at radius 2 is 0.897 bits per heavy atom. The normalized spacial score (nSPS) is 11.7. The van der Waals surface area contributed by atoms with Gasteiger partial charge in [-0.3, -0.25) is 0 Å². The fourth-order valence-corrected chi connectivity index (χ4v) is 7.67. The third-order valence-electron chi connectivity index (χ3n) is 6.01. The Labute approximate surface area is 176 Å². The van der Waals surface area contributed by atoms with E-state index in [2.05, 4.69) is 97.0 Å². The monoisotopic (exact) mass is 404 g/mol. The van der Waals surface area contributed by atoms with Gasteiger partial charge in [0, 0.05) is 17.6 Å². The number of hydrogen-bond donors (Lipinski definition) is 0. The van der Waals surface area contributed by atoms with Crippen molar-refractivity contribution in [2.45, 2.75) is 60.8 Å². The molecule has 1 nitrogen and oxygen atoms in total. The van der Waals surface area contributed by atoms with Crippen LogP contribution in [0.3, 0.4) is 0 Å². The zero-order chi connectivity index (χ0) is 21.3. The SMILES string of the molecule is Cc1ccc(P(=O)(Cc2c(C)cc(C)cc2C)Cc2c(C)cc(C)cc2C)cc1. The first-order chi connectivity index (χ1) is 13.6. The molecule has 0 N–H and O–H groups in total. The van der Waals surface area contributed by atoms with E-state index < -0.39 is 7.14 Å². The van der Waals surface area contributed by atoms with Gasteiger partial charge in [-0.2, -0.15) is 0 Å². The minimum atomic E-state index is -2.67. The Morgan fingerprint density at radius 3 is 1.24 bits per heavy atom. The summed E-state index contributed by atoms with van der Waals surface area (Å²) in [5.74, 6) is 0. The molecule has 0 bridgehead atoms. The average molecular weight is 405 g/mol. The van der Waals surface area contributed by atoms with Crippen LogP contribution in [0.5, 0.6) is 0 Å². The van der Waals surface area contributed by atoms with Crippen LogP contribution in [0.25, 0.3) is 0 Å². The molecule has 0 amide bonds. The van der Waals surface area contributed by atoms with Crippen molar-refractivity contribution in [2.24, 2.45) is 0 Å². The van der Waals surface area contributed by atoms with Crippen molar-refractivity contribution in [3.05, 3.63) is 98.6 Å². The summed E-state index contributed by atoms with van der Waals surface area (Å²) in [4.78, 5) is 0. The number of rotatable bonds is 5. The fraction of sp³-hybridized carbons (Fsp3) is 0.333. The summed E-state index contributed by atoms with van der Waals surface area (Å²) in [7, 11) is -2.67. The maximum Gasteiger partial charge on any atom is 0.124 e. The molecule has 3 rings (SSSR count). The van der Waals surface area contributed by atoms with E-state index in [1.807, 2.05) is 0 Å². The van der Waals surface area contributed by atoms with Gasteiger partial charge in [-0.25, -0.2) is 0 Å². The first-order valence-electron chi connectivity index (χ1n) is 10.4. The molecule has 3 aromatic carbocycles. The molecule has 0 saturated carbocycles. The van der Waals surface area contributed by atoms with Crippen molar-refractivity contribution >= 4 is 12.4 Å². The third kappa shape index (κ3) is 4.73. The van der Waals surface area contributed by atoms with E-state index in [1.54, 1.807) is 0 Å². The van der Waals surface area contributed by atoms with Gasteiger partial charge in [0.2, 0.25) is 0 Å². The Morgan fingerprint density at radius 1 is 0.552 bits per heavy atom. The van der Waals surface area contributed by atoms with E-state index in [1.165, 1.54) is 50.1 Å². The summed E-state index contributed by atoms with van der Waals surface area (Å²) in [6.07, 6.45) is 1.22. The van der Waals surface area contributed by atoms with Crippen LogP contribution in [0.4, 0.5) is 0 Å². The maximum absolute atomic E-state index is 14.6. The molecule has 0 aliphatic heterocycles. The summed E-state index contributed by atoms with van der Waals surface area (Å²) in [6.45, 7) is 14.9. The predicted octanol–water partition coefficient (Wildman–Crippen LogP) is 7.23. The molecule has 0 spiro atoms. The highest BCUT2D eigenvalue weighted by molar-refractivity contribution is 7.70. The smallest absolute Gasteiger partial charge is 0.124 e. The number of hydrogen-bond acceptors (Lipinski definition) is 1. The molecule has 0 saturated heterocycles. The van der Waals surface area contributed by atoms with Gasteiger partial charge in [0.25, 0.3) is 0 Å². The first kappa shape index (κ1) is 21.6. The van der Waals surface area contributed by atoms with Gasteiger partial charge >= 0.3 is 0 Å². The van der Waals surface area contributed by atoms with Gasteiger partial charge < -0.3 is 4.57 Å². The zero-order valence-electron chi connectivity index (χ0n) is 18.9. The summed E-state index contributed by atoms with van der Waals surface area (Å²) in [6, 6.07) is 17.2. The Bertz CT molecular complexity index is 981. The average Bonchev–Trinajstić information content (AvgIpc) is 2.62. The maximum atomic E-state index is 14.6. The summed E-state index contributed by atoms with van der Waals surface area (Å²) < 4.78 is 14.6. The molecule has 0 aromatic heterocycles. The van der Waals surface area contributed by atoms with Gasteiger partial charge in [-0.1, -0.05) is 65.2 Å². The predicted molar refractivity (Wildman–Crippen MR) is 127 cm³/mol. The van der Waals surface area contributed by atoms with Gasteiger partial charge in [-0.15, -0.1) is 0 Å². The minimum Gasteiger partial charge on any atom is -0.318 e. The second-order valence-electron chi connectivity index (χ2n) is 8.80. The molecule has 3 aromatic rings. The molecule has 152 valence electrons. The van der Waals surface area contributed by atoms with E-state index in [4.69, 9.17) is 0 Å². The van der Waals surface area contributed by atoms with E-state index in [-0.39, 0.29) is 0 Å². The molecular weight excluding hydrogens is 371 g/mol. The molecule has 29 heavy (non-hydrogen) atoms. The van der Waals surface area contributed by atoms with Crippen molar-refractivity contribution in [3.8, 4) is 0 Å². The molecule has 0 heterocycles. The van der Waals surface area contributed by atoms with Gasteiger partial charge in [0.05, 0.1) is 0 Å². The Hall–Kier alpha value is -2.11. The van der Waals surface area contributed by atoms with Crippen molar-refractivity contribution in [2.75, 3.05) is 0 Å². The summed E-state index contributed by atoms with van der Waals surface area (Å²) in [5.41, 5.74) is 11.2. The highest BCUT2D eigenvalue weighted by Crippen LogP contribution is 2.53. The van der Waals surface area contributed by atoms with Crippen LogP contribution in [-0.2, 0) is 16.9 Å². The molecule has 0 aliphatic carbocycles. The van der Waals surface area contributed by atoms with E-state index in [9.17, 15) is 4.57 Å². The Balaban J connectivity index is 2.13. The summed E-state index contributed by atoms with van der Waals surface area (Å²) in [5, 5.41) is 0.988. The lowest BCUT2D eigenvalue weighted by atomic mass is 10.0. The van der Waals surface area contributed by atoms with Crippen molar-refractivity contribution < 1.29 is 4.57 Å². The Kier molecular flexibility index (Phi) is 6.20. The van der Waals surface area contributed by atoms with Crippen molar-refractivity contribution in [3.63, 3.8) is 0 Å². The van der Waals surface area contributed by atoms with Crippen LogP contribution in [0.15, 0.2) is 48.5 Å². The molecule has 0 aliphatic rings. The lowest BCUT2D eigenvalue weighted by Gasteiger charge is -2.24. The zero-order valence-corrected chi connectivity index (χ0v) is 19.8. The molecule has 0 fully saturated rings. The molecule has 0 radical (unpaired) electrons. The lowest BCUT2D eigenvalue weighted by Crippen LogP contribution is -2.12. The largest absolute Gasteiger partial charge is 0.318 e. The van der Waals surface area contributed by atoms with Crippen LogP contribution in [0.1, 0.15) is 50.1 Å². The lowest BCUT2D eigenvalue weighted by molar-refractivity contribution is 0.579.